The number of amides is 1. The zero-order chi connectivity index (χ0) is 15.3. The van der Waals surface area contributed by atoms with Crippen molar-refractivity contribution < 1.29 is 24.0 Å². The number of nitro groups is 1. The third-order valence-electron chi connectivity index (χ3n) is 2.54. The fourth-order valence-electron chi connectivity index (χ4n) is 1.58. The molecule has 20 heavy (non-hydrogen) atoms. The molecule has 0 aliphatic rings. The van der Waals surface area contributed by atoms with Crippen LogP contribution in [0.2, 0.25) is 0 Å². The first-order chi connectivity index (χ1) is 9.31. The minimum Gasteiger partial charge on any atom is -0.481 e. The molecule has 0 aliphatic carbocycles. The van der Waals surface area contributed by atoms with E-state index in [9.17, 15) is 24.1 Å². The van der Waals surface area contributed by atoms with Crippen LogP contribution < -0.4 is 5.32 Å². The highest BCUT2D eigenvalue weighted by Crippen LogP contribution is 2.19. The topological polar surface area (TPSA) is 110 Å². The van der Waals surface area contributed by atoms with Crippen LogP contribution in [0, 0.1) is 21.8 Å². The van der Waals surface area contributed by atoms with Crippen LogP contribution in [0.1, 0.15) is 23.7 Å². The van der Waals surface area contributed by atoms with Crippen molar-refractivity contribution in [2.75, 3.05) is 6.54 Å². The smallest absolute Gasteiger partial charge is 0.303 e. The van der Waals surface area contributed by atoms with Gasteiger partial charge in [0.2, 0.25) is 0 Å². The maximum absolute atomic E-state index is 12.9. The van der Waals surface area contributed by atoms with E-state index < -0.39 is 28.3 Å². The average Bonchev–Trinajstić information content (AvgIpc) is 2.35. The molecule has 0 aliphatic heterocycles. The molecule has 7 nitrogen and oxygen atoms in total. The van der Waals surface area contributed by atoms with Crippen molar-refractivity contribution in [2.24, 2.45) is 5.92 Å². The normalized spacial score (nSPS) is 11.7. The standard InChI is InChI=1S/C12H13FN2O5/c1-7(4-11(16)17)6-14-12(18)9-3-2-8(13)5-10(9)15(19)20/h2-3,5,7H,4,6H2,1H3,(H,14,18)(H,16,17). The Kier molecular flexibility index (Phi) is 5.13. The van der Waals surface area contributed by atoms with Crippen molar-refractivity contribution >= 4 is 17.6 Å². The molecule has 0 saturated carbocycles. The Morgan fingerprint density at radius 1 is 1.50 bits per heavy atom. The van der Waals surface area contributed by atoms with Gasteiger partial charge in [-0.25, -0.2) is 4.39 Å². The van der Waals surface area contributed by atoms with Crippen LogP contribution in [0.4, 0.5) is 10.1 Å². The summed E-state index contributed by atoms with van der Waals surface area (Å²) < 4.78 is 12.9. The second kappa shape index (κ2) is 6.60. The van der Waals surface area contributed by atoms with Crippen LogP contribution in [-0.2, 0) is 4.79 Å². The number of benzene rings is 1. The van der Waals surface area contributed by atoms with Gasteiger partial charge in [-0.3, -0.25) is 19.7 Å². The fraction of sp³-hybridized carbons (Fsp3) is 0.333. The number of carbonyl (C=O) groups is 2. The lowest BCUT2D eigenvalue weighted by molar-refractivity contribution is -0.385. The lowest BCUT2D eigenvalue weighted by Gasteiger charge is -2.10. The fourth-order valence-corrected chi connectivity index (χ4v) is 1.58. The highest BCUT2D eigenvalue weighted by atomic mass is 19.1. The molecule has 0 aromatic heterocycles. The van der Waals surface area contributed by atoms with Gasteiger partial charge in [0, 0.05) is 13.0 Å². The van der Waals surface area contributed by atoms with Gasteiger partial charge < -0.3 is 10.4 Å². The molecule has 1 unspecified atom stereocenters. The third kappa shape index (κ3) is 4.30. The molecule has 0 bridgehead atoms. The molecule has 0 saturated heterocycles. The number of carbonyl (C=O) groups excluding carboxylic acids is 1. The molecule has 0 spiro atoms. The molecular weight excluding hydrogens is 271 g/mol. The van der Waals surface area contributed by atoms with Gasteiger partial charge in [0.05, 0.1) is 11.0 Å². The van der Waals surface area contributed by atoms with Crippen molar-refractivity contribution in [3.8, 4) is 0 Å². The molecule has 1 rings (SSSR count). The Balaban J connectivity index is 2.78. The largest absolute Gasteiger partial charge is 0.481 e. The molecule has 2 N–H and O–H groups in total. The molecule has 108 valence electrons. The number of carboxylic acid groups (broad SMARTS) is 1. The molecular formula is C12H13FN2O5. The van der Waals surface area contributed by atoms with E-state index in [0.29, 0.717) is 6.07 Å². The molecule has 8 heteroatoms. The summed E-state index contributed by atoms with van der Waals surface area (Å²) in [6.45, 7) is 1.67. The van der Waals surface area contributed by atoms with Crippen LogP contribution in [0.5, 0.6) is 0 Å². The van der Waals surface area contributed by atoms with Crippen LogP contribution in [0.25, 0.3) is 0 Å². The summed E-state index contributed by atoms with van der Waals surface area (Å²) in [5, 5.41) is 21.7. The zero-order valence-electron chi connectivity index (χ0n) is 10.6. The van der Waals surface area contributed by atoms with Gasteiger partial charge in [0.15, 0.2) is 0 Å². The summed E-state index contributed by atoms with van der Waals surface area (Å²) >= 11 is 0. The first-order valence-electron chi connectivity index (χ1n) is 5.75. The second-order valence-corrected chi connectivity index (χ2v) is 4.33. The van der Waals surface area contributed by atoms with Gasteiger partial charge in [-0.1, -0.05) is 6.92 Å². The summed E-state index contributed by atoms with van der Waals surface area (Å²) in [5.74, 6) is -2.88. The zero-order valence-corrected chi connectivity index (χ0v) is 10.6. The number of halogens is 1. The van der Waals surface area contributed by atoms with Gasteiger partial charge in [-0.05, 0) is 18.1 Å². The molecule has 0 radical (unpaired) electrons. The van der Waals surface area contributed by atoms with Gasteiger partial charge in [0.1, 0.15) is 11.4 Å². The number of rotatable bonds is 6. The van der Waals surface area contributed by atoms with Crippen LogP contribution in [0.15, 0.2) is 18.2 Å². The van der Waals surface area contributed by atoms with E-state index in [0.717, 1.165) is 12.1 Å². The summed E-state index contributed by atoms with van der Waals surface area (Å²) in [5.41, 5.74) is -0.896. The molecule has 1 amide bonds. The minimum atomic E-state index is -1.00. The predicted octanol–water partition coefficient (Wildman–Crippen LogP) is 1.57. The number of hydrogen-bond donors (Lipinski definition) is 2. The highest BCUT2D eigenvalue weighted by Gasteiger charge is 2.21. The van der Waals surface area contributed by atoms with E-state index in [1.54, 1.807) is 6.92 Å². The van der Waals surface area contributed by atoms with Crippen molar-refractivity contribution in [3.05, 3.63) is 39.7 Å². The lowest BCUT2D eigenvalue weighted by Crippen LogP contribution is -2.29. The Morgan fingerprint density at radius 2 is 2.15 bits per heavy atom. The van der Waals surface area contributed by atoms with Gasteiger partial charge in [-0.2, -0.15) is 0 Å². The van der Waals surface area contributed by atoms with E-state index in [4.69, 9.17) is 5.11 Å². The maximum Gasteiger partial charge on any atom is 0.303 e. The first kappa shape index (κ1) is 15.5. The quantitative estimate of drug-likeness (QED) is 0.608. The molecule has 1 aromatic carbocycles. The van der Waals surface area contributed by atoms with E-state index in [-0.39, 0.29) is 24.4 Å². The Morgan fingerprint density at radius 3 is 2.70 bits per heavy atom. The maximum atomic E-state index is 12.9. The number of aliphatic carboxylic acids is 1. The average molecular weight is 284 g/mol. The van der Waals surface area contributed by atoms with Crippen LogP contribution in [-0.4, -0.2) is 28.5 Å². The van der Waals surface area contributed by atoms with E-state index in [1.807, 2.05) is 0 Å². The molecule has 1 atom stereocenters. The number of nitro benzene ring substituents is 1. The van der Waals surface area contributed by atoms with Gasteiger partial charge >= 0.3 is 5.97 Å². The number of hydrogen-bond acceptors (Lipinski definition) is 4. The summed E-state index contributed by atoms with van der Waals surface area (Å²) in [6, 6.07) is 2.63. The predicted molar refractivity (Wildman–Crippen MR) is 66.8 cm³/mol. The molecule has 1 aromatic rings. The van der Waals surface area contributed by atoms with Gasteiger partial charge in [-0.15, -0.1) is 0 Å². The SMILES string of the molecule is CC(CNC(=O)c1ccc(F)cc1[N+](=O)[O-])CC(=O)O. The summed E-state index contributed by atoms with van der Waals surface area (Å²) in [4.78, 5) is 32.1. The van der Waals surface area contributed by atoms with E-state index >= 15 is 0 Å². The Bertz CT molecular complexity index is 547. The van der Waals surface area contributed by atoms with Crippen molar-refractivity contribution in [1.82, 2.24) is 5.32 Å². The summed E-state index contributed by atoms with van der Waals surface area (Å²) in [6.07, 6.45) is -0.133. The van der Waals surface area contributed by atoms with Crippen LogP contribution in [0.3, 0.4) is 0 Å². The monoisotopic (exact) mass is 284 g/mol. The third-order valence-corrected chi connectivity index (χ3v) is 2.54. The minimum absolute atomic E-state index is 0.0552. The van der Waals surface area contributed by atoms with Gasteiger partial charge in [0.25, 0.3) is 11.6 Å². The van der Waals surface area contributed by atoms with Crippen LogP contribution >= 0.6 is 0 Å². The van der Waals surface area contributed by atoms with E-state index in [1.165, 1.54) is 0 Å². The van der Waals surface area contributed by atoms with Crippen molar-refractivity contribution in [3.63, 3.8) is 0 Å². The Hall–Kier alpha value is -2.51. The Labute approximate surface area is 113 Å². The summed E-state index contributed by atoms with van der Waals surface area (Å²) in [7, 11) is 0. The number of carboxylic acids is 1. The second-order valence-electron chi connectivity index (χ2n) is 4.33. The number of nitrogens with one attached hydrogen (secondary N) is 1. The first-order valence-corrected chi connectivity index (χ1v) is 5.75. The van der Waals surface area contributed by atoms with Crippen molar-refractivity contribution in [1.29, 1.82) is 0 Å². The lowest BCUT2D eigenvalue weighted by atomic mass is 10.1. The molecule has 0 heterocycles. The number of nitrogens with zero attached hydrogens (tertiary/aromatic N) is 1. The molecule has 0 fully saturated rings. The van der Waals surface area contributed by atoms with E-state index in [2.05, 4.69) is 5.32 Å². The van der Waals surface area contributed by atoms with Crippen molar-refractivity contribution in [2.45, 2.75) is 13.3 Å². The highest BCUT2D eigenvalue weighted by molar-refractivity contribution is 5.98.